The van der Waals surface area contributed by atoms with Gasteiger partial charge in [-0.1, -0.05) is 26.0 Å². The van der Waals surface area contributed by atoms with Crippen LogP contribution in [0.15, 0.2) is 42.5 Å². The fraction of sp³-hybridized carbons (Fsp3) is 0.462. The van der Waals surface area contributed by atoms with Crippen molar-refractivity contribution < 1.29 is 32.2 Å². The number of carbonyl (C=O) groups is 2. The number of amides is 2. The summed E-state index contributed by atoms with van der Waals surface area (Å²) in [5.74, 6) is 0.468. The van der Waals surface area contributed by atoms with Gasteiger partial charge in [0.05, 0.1) is 33.3 Å². The fourth-order valence-corrected chi connectivity index (χ4v) is 4.69. The number of hydrogen-bond acceptors (Lipinski definition) is 7. The van der Waals surface area contributed by atoms with E-state index in [4.69, 9.17) is 14.2 Å². The lowest BCUT2D eigenvalue weighted by Crippen LogP contribution is -2.52. The summed E-state index contributed by atoms with van der Waals surface area (Å²) in [6, 6.07) is 11.0. The van der Waals surface area contributed by atoms with Crippen molar-refractivity contribution >= 4 is 27.5 Å². The van der Waals surface area contributed by atoms with E-state index < -0.39 is 28.5 Å². The third-order valence-electron chi connectivity index (χ3n) is 5.76. The van der Waals surface area contributed by atoms with Crippen molar-refractivity contribution in [2.75, 3.05) is 45.0 Å². The molecule has 0 aliphatic carbocycles. The minimum absolute atomic E-state index is 0.0887. The molecule has 0 radical (unpaired) electrons. The summed E-state index contributed by atoms with van der Waals surface area (Å²) in [6.07, 6.45) is 2.10. The predicted molar refractivity (Wildman–Crippen MR) is 143 cm³/mol. The molecular weight excluding hydrogens is 498 g/mol. The maximum absolute atomic E-state index is 13.8. The Balaban J connectivity index is 2.51. The third-order valence-corrected chi connectivity index (χ3v) is 6.88. The van der Waals surface area contributed by atoms with E-state index >= 15 is 0 Å². The molecule has 11 heteroatoms. The molecule has 0 aliphatic heterocycles. The van der Waals surface area contributed by atoms with Crippen LogP contribution in [0.1, 0.15) is 32.3 Å². The highest BCUT2D eigenvalue weighted by Crippen LogP contribution is 2.33. The molecule has 2 amide bonds. The van der Waals surface area contributed by atoms with Crippen molar-refractivity contribution in [3.05, 3.63) is 48.0 Å². The Hall–Kier alpha value is -3.47. The standard InChI is InChI=1S/C26H37N3O7S/c1-7-14-27-26(31)22(8-2)28(17-19-10-9-11-20(15-19)34-3)25(30)18-29(37(6,32)33)23-13-12-21(35-4)16-24(23)36-5/h9-13,15-16,22H,7-8,14,17-18H2,1-6H3,(H,27,31)/t22-/m1/s1. The summed E-state index contributed by atoms with van der Waals surface area (Å²) in [6.45, 7) is 3.78. The maximum Gasteiger partial charge on any atom is 0.244 e. The highest BCUT2D eigenvalue weighted by Gasteiger charge is 2.32. The molecule has 0 saturated heterocycles. The van der Waals surface area contributed by atoms with E-state index in [0.717, 1.165) is 22.5 Å². The molecule has 0 aromatic heterocycles. The van der Waals surface area contributed by atoms with E-state index in [1.54, 1.807) is 37.4 Å². The average Bonchev–Trinajstić information content (AvgIpc) is 2.89. The monoisotopic (exact) mass is 535 g/mol. The Morgan fingerprint density at radius 3 is 2.22 bits per heavy atom. The number of ether oxygens (including phenoxy) is 3. The normalized spacial score (nSPS) is 11.8. The van der Waals surface area contributed by atoms with E-state index in [0.29, 0.717) is 24.5 Å². The topological polar surface area (TPSA) is 114 Å². The van der Waals surface area contributed by atoms with Crippen LogP contribution in [-0.2, 0) is 26.2 Å². The molecule has 0 aliphatic rings. The van der Waals surface area contributed by atoms with Gasteiger partial charge in [0.15, 0.2) is 0 Å². The Labute approximate surface area is 219 Å². The average molecular weight is 536 g/mol. The molecule has 204 valence electrons. The number of sulfonamides is 1. The molecule has 37 heavy (non-hydrogen) atoms. The SMILES string of the molecule is CCCNC(=O)[C@@H](CC)N(Cc1cccc(OC)c1)C(=O)CN(c1ccc(OC)cc1OC)S(C)(=O)=O. The van der Waals surface area contributed by atoms with Crippen molar-refractivity contribution in [2.45, 2.75) is 39.3 Å². The van der Waals surface area contributed by atoms with Gasteiger partial charge in [0.2, 0.25) is 21.8 Å². The molecule has 0 saturated carbocycles. The lowest BCUT2D eigenvalue weighted by Gasteiger charge is -2.33. The van der Waals surface area contributed by atoms with E-state index in [2.05, 4.69) is 5.32 Å². The van der Waals surface area contributed by atoms with Crippen molar-refractivity contribution in [3.8, 4) is 17.2 Å². The van der Waals surface area contributed by atoms with Crippen molar-refractivity contribution in [1.82, 2.24) is 10.2 Å². The molecule has 1 atom stereocenters. The summed E-state index contributed by atoms with van der Waals surface area (Å²) in [7, 11) is 0.525. The summed E-state index contributed by atoms with van der Waals surface area (Å²) in [5.41, 5.74) is 0.923. The third kappa shape index (κ3) is 8.01. The largest absolute Gasteiger partial charge is 0.497 e. The Kier molecular flexibility index (Phi) is 11.0. The second kappa shape index (κ2) is 13.7. The summed E-state index contributed by atoms with van der Waals surface area (Å²) >= 11 is 0. The van der Waals surface area contributed by atoms with Crippen molar-refractivity contribution in [1.29, 1.82) is 0 Å². The zero-order valence-electron chi connectivity index (χ0n) is 22.3. The number of anilines is 1. The van der Waals surface area contributed by atoms with Crippen LogP contribution in [0.4, 0.5) is 5.69 Å². The second-order valence-corrected chi connectivity index (χ2v) is 10.3. The molecule has 2 aromatic rings. The number of rotatable bonds is 14. The van der Waals surface area contributed by atoms with E-state index in [9.17, 15) is 18.0 Å². The predicted octanol–water partition coefficient (Wildman–Crippen LogP) is 2.81. The molecule has 10 nitrogen and oxygen atoms in total. The second-order valence-electron chi connectivity index (χ2n) is 8.40. The van der Waals surface area contributed by atoms with Crippen LogP contribution < -0.4 is 23.8 Å². The zero-order chi connectivity index (χ0) is 27.6. The van der Waals surface area contributed by atoms with E-state index in [1.807, 2.05) is 19.9 Å². The van der Waals surface area contributed by atoms with Crippen LogP contribution in [-0.4, -0.2) is 71.8 Å². The van der Waals surface area contributed by atoms with Crippen LogP contribution in [0.5, 0.6) is 17.2 Å². The van der Waals surface area contributed by atoms with Crippen LogP contribution in [0, 0.1) is 0 Å². The highest BCUT2D eigenvalue weighted by molar-refractivity contribution is 7.92. The number of nitrogens with one attached hydrogen (secondary N) is 1. The van der Waals surface area contributed by atoms with Gasteiger partial charge in [-0.25, -0.2) is 8.42 Å². The minimum Gasteiger partial charge on any atom is -0.497 e. The number of benzene rings is 2. The van der Waals surface area contributed by atoms with Crippen molar-refractivity contribution in [3.63, 3.8) is 0 Å². The molecule has 2 aromatic carbocycles. The Bertz CT molecular complexity index is 1170. The number of carbonyl (C=O) groups excluding carboxylic acids is 2. The molecule has 0 bridgehead atoms. The number of nitrogens with zero attached hydrogens (tertiary/aromatic N) is 2. The first-order valence-electron chi connectivity index (χ1n) is 12.0. The number of methoxy groups -OCH3 is 3. The van der Waals surface area contributed by atoms with E-state index in [1.165, 1.54) is 25.2 Å². The smallest absolute Gasteiger partial charge is 0.244 e. The molecule has 0 spiro atoms. The van der Waals surface area contributed by atoms with Gasteiger partial charge in [0, 0.05) is 19.2 Å². The maximum atomic E-state index is 13.8. The lowest BCUT2D eigenvalue weighted by molar-refractivity contribution is -0.140. The molecule has 0 fully saturated rings. The fourth-order valence-electron chi connectivity index (χ4n) is 3.84. The molecule has 0 heterocycles. The Morgan fingerprint density at radius 1 is 0.973 bits per heavy atom. The summed E-state index contributed by atoms with van der Waals surface area (Å²) in [4.78, 5) is 28.2. The zero-order valence-corrected chi connectivity index (χ0v) is 23.1. The van der Waals surface area contributed by atoms with Gasteiger partial charge in [-0.05, 0) is 42.7 Å². The number of hydrogen-bond donors (Lipinski definition) is 1. The van der Waals surface area contributed by atoms with Crippen LogP contribution >= 0.6 is 0 Å². The van der Waals surface area contributed by atoms with Gasteiger partial charge in [0.25, 0.3) is 0 Å². The van der Waals surface area contributed by atoms with Gasteiger partial charge in [0.1, 0.15) is 29.8 Å². The van der Waals surface area contributed by atoms with Gasteiger partial charge in [-0.2, -0.15) is 0 Å². The lowest BCUT2D eigenvalue weighted by atomic mass is 10.1. The van der Waals surface area contributed by atoms with Crippen LogP contribution in [0.3, 0.4) is 0 Å². The molecule has 0 unspecified atom stereocenters. The minimum atomic E-state index is -3.90. The molecule has 1 N–H and O–H groups in total. The quantitative estimate of drug-likeness (QED) is 0.396. The first-order valence-corrected chi connectivity index (χ1v) is 13.8. The van der Waals surface area contributed by atoms with Gasteiger partial charge >= 0.3 is 0 Å². The van der Waals surface area contributed by atoms with Crippen LogP contribution in [0.2, 0.25) is 0 Å². The van der Waals surface area contributed by atoms with Crippen LogP contribution in [0.25, 0.3) is 0 Å². The van der Waals surface area contributed by atoms with Crippen molar-refractivity contribution in [2.24, 2.45) is 0 Å². The van der Waals surface area contributed by atoms with E-state index in [-0.39, 0.29) is 23.9 Å². The first-order chi connectivity index (χ1) is 17.6. The highest BCUT2D eigenvalue weighted by atomic mass is 32.2. The summed E-state index contributed by atoms with van der Waals surface area (Å²) in [5, 5.41) is 2.85. The molecular formula is C26H37N3O7S. The Morgan fingerprint density at radius 2 is 1.65 bits per heavy atom. The first kappa shape index (κ1) is 29.8. The van der Waals surface area contributed by atoms with Gasteiger partial charge in [-0.15, -0.1) is 0 Å². The van der Waals surface area contributed by atoms with Gasteiger partial charge < -0.3 is 24.4 Å². The summed E-state index contributed by atoms with van der Waals surface area (Å²) < 4.78 is 42.6. The van der Waals surface area contributed by atoms with Gasteiger partial charge in [-0.3, -0.25) is 13.9 Å². The molecule has 2 rings (SSSR count).